The van der Waals surface area contributed by atoms with E-state index in [1.54, 1.807) is 24.8 Å². The molecular formula is C19H25ClN4O3S. The van der Waals surface area contributed by atoms with Crippen molar-refractivity contribution in [2.75, 3.05) is 26.2 Å². The number of carbonyl (C=O) groups is 1. The summed E-state index contributed by atoms with van der Waals surface area (Å²) in [5, 5.41) is 7.39. The molecule has 1 aromatic carbocycles. The number of rotatable bonds is 5. The first kappa shape index (κ1) is 20.8. The maximum atomic E-state index is 13.0. The van der Waals surface area contributed by atoms with Crippen molar-refractivity contribution < 1.29 is 13.2 Å². The second kappa shape index (κ2) is 8.63. The summed E-state index contributed by atoms with van der Waals surface area (Å²) in [7, 11) is -3.63. The van der Waals surface area contributed by atoms with Gasteiger partial charge in [-0.1, -0.05) is 23.7 Å². The Morgan fingerprint density at radius 2 is 2.00 bits per heavy atom. The Balaban J connectivity index is 1.62. The zero-order valence-electron chi connectivity index (χ0n) is 16.1. The normalized spacial score (nSPS) is 16.2. The summed E-state index contributed by atoms with van der Waals surface area (Å²) in [4.78, 5) is 14.6. The van der Waals surface area contributed by atoms with Crippen LogP contribution in [0.4, 0.5) is 0 Å². The molecule has 9 heteroatoms. The quantitative estimate of drug-likeness (QED) is 0.799. The van der Waals surface area contributed by atoms with Crippen LogP contribution in [-0.2, 0) is 21.2 Å². The largest absolute Gasteiger partial charge is 0.341 e. The fourth-order valence-electron chi connectivity index (χ4n) is 3.54. The molecule has 1 aliphatic rings. The van der Waals surface area contributed by atoms with Crippen molar-refractivity contribution in [2.45, 2.75) is 38.0 Å². The fraction of sp³-hybridized carbons (Fsp3) is 0.474. The van der Waals surface area contributed by atoms with Crippen LogP contribution in [-0.4, -0.2) is 59.9 Å². The highest BCUT2D eigenvalue weighted by Gasteiger charge is 2.31. The molecule has 1 aromatic heterocycles. The number of nitrogens with zero attached hydrogens (tertiary/aromatic N) is 3. The molecule has 0 unspecified atom stereocenters. The van der Waals surface area contributed by atoms with Crippen molar-refractivity contribution in [3.63, 3.8) is 0 Å². The standard InChI is InChI=1S/C19H25ClN4O3S/c1-14-19(15(2)22-21-14)28(26,27)24-10-4-9-23(11-12-24)18(25)8-7-16-5-3-6-17(20)13-16/h3,5-6,13H,4,7-12H2,1-2H3,(H,21,22). The summed E-state index contributed by atoms with van der Waals surface area (Å²) in [6, 6.07) is 7.49. The lowest BCUT2D eigenvalue weighted by Gasteiger charge is -2.22. The Morgan fingerprint density at radius 1 is 1.21 bits per heavy atom. The fourth-order valence-corrected chi connectivity index (χ4v) is 5.55. The van der Waals surface area contributed by atoms with Gasteiger partial charge >= 0.3 is 0 Å². The van der Waals surface area contributed by atoms with Gasteiger partial charge < -0.3 is 4.90 Å². The average molecular weight is 425 g/mol. The van der Waals surface area contributed by atoms with E-state index < -0.39 is 10.0 Å². The van der Waals surface area contributed by atoms with Crippen molar-refractivity contribution in [3.8, 4) is 0 Å². The molecule has 28 heavy (non-hydrogen) atoms. The van der Waals surface area contributed by atoms with E-state index in [2.05, 4.69) is 10.2 Å². The zero-order chi connectivity index (χ0) is 20.3. The number of hydrogen-bond donors (Lipinski definition) is 1. The summed E-state index contributed by atoms with van der Waals surface area (Å²) < 4.78 is 27.5. The van der Waals surface area contributed by atoms with Crippen molar-refractivity contribution in [2.24, 2.45) is 0 Å². The van der Waals surface area contributed by atoms with Gasteiger partial charge in [0.05, 0.1) is 11.4 Å². The molecule has 0 atom stereocenters. The number of aromatic nitrogens is 2. The van der Waals surface area contributed by atoms with Crippen LogP contribution >= 0.6 is 11.6 Å². The van der Waals surface area contributed by atoms with Crippen LogP contribution in [0, 0.1) is 13.8 Å². The van der Waals surface area contributed by atoms with Crippen LogP contribution in [0.25, 0.3) is 0 Å². The van der Waals surface area contributed by atoms with Crippen molar-refractivity contribution in [1.82, 2.24) is 19.4 Å². The smallest absolute Gasteiger partial charge is 0.246 e. The number of nitrogens with one attached hydrogen (secondary N) is 1. The van der Waals surface area contributed by atoms with Crippen molar-refractivity contribution in [1.29, 1.82) is 0 Å². The van der Waals surface area contributed by atoms with Gasteiger partial charge in [0.25, 0.3) is 0 Å². The number of carbonyl (C=O) groups excluding carboxylic acids is 1. The van der Waals surface area contributed by atoms with Crippen LogP contribution in [0.1, 0.15) is 29.8 Å². The molecule has 2 heterocycles. The van der Waals surface area contributed by atoms with Gasteiger partial charge in [0.15, 0.2) is 0 Å². The van der Waals surface area contributed by atoms with Crippen molar-refractivity contribution in [3.05, 3.63) is 46.2 Å². The van der Waals surface area contributed by atoms with Crippen LogP contribution in [0.15, 0.2) is 29.2 Å². The Hall–Kier alpha value is -1.90. The van der Waals surface area contributed by atoms with E-state index in [1.165, 1.54) is 4.31 Å². The molecule has 3 rings (SSSR count). The molecule has 0 aliphatic carbocycles. The molecule has 7 nitrogen and oxygen atoms in total. The first-order valence-corrected chi connectivity index (χ1v) is 11.1. The molecule has 1 N–H and O–H groups in total. The van der Waals surface area contributed by atoms with Crippen LogP contribution in [0.3, 0.4) is 0 Å². The van der Waals surface area contributed by atoms with E-state index in [0.717, 1.165) is 5.56 Å². The molecule has 0 radical (unpaired) electrons. The number of benzene rings is 1. The number of sulfonamides is 1. The molecule has 1 saturated heterocycles. The minimum Gasteiger partial charge on any atom is -0.341 e. The average Bonchev–Trinajstić information content (AvgIpc) is 2.85. The summed E-state index contributed by atoms with van der Waals surface area (Å²) in [6.07, 6.45) is 1.61. The minimum absolute atomic E-state index is 0.0369. The van der Waals surface area contributed by atoms with Gasteiger partial charge in [-0.05, 0) is 44.4 Å². The number of amides is 1. The lowest BCUT2D eigenvalue weighted by molar-refractivity contribution is -0.131. The van der Waals surface area contributed by atoms with E-state index in [9.17, 15) is 13.2 Å². The topological polar surface area (TPSA) is 86.4 Å². The predicted molar refractivity (Wildman–Crippen MR) is 108 cm³/mol. The lowest BCUT2D eigenvalue weighted by atomic mass is 10.1. The van der Waals surface area contributed by atoms with Gasteiger partial charge in [-0.2, -0.15) is 9.40 Å². The zero-order valence-corrected chi connectivity index (χ0v) is 17.7. The summed E-state index contributed by atoms with van der Waals surface area (Å²) in [6.45, 7) is 5.02. The molecule has 0 saturated carbocycles. The third-order valence-electron chi connectivity index (χ3n) is 4.98. The van der Waals surface area contributed by atoms with Crippen molar-refractivity contribution >= 4 is 27.5 Å². The van der Waals surface area contributed by atoms with Gasteiger partial charge in [-0.25, -0.2) is 8.42 Å². The van der Waals surface area contributed by atoms with Gasteiger partial charge in [-0.3, -0.25) is 9.89 Å². The van der Waals surface area contributed by atoms with E-state index in [0.29, 0.717) is 55.3 Å². The summed E-state index contributed by atoms with van der Waals surface area (Å²) >= 11 is 5.99. The second-order valence-corrected chi connectivity index (χ2v) is 9.34. The van der Waals surface area contributed by atoms with Crippen LogP contribution < -0.4 is 0 Å². The van der Waals surface area contributed by atoms with E-state index in [1.807, 2.05) is 18.2 Å². The maximum Gasteiger partial charge on any atom is 0.246 e. The molecule has 1 aliphatic heterocycles. The first-order valence-electron chi connectivity index (χ1n) is 9.33. The van der Waals surface area contributed by atoms with Gasteiger partial charge in [0.2, 0.25) is 15.9 Å². The lowest BCUT2D eigenvalue weighted by Crippen LogP contribution is -2.37. The van der Waals surface area contributed by atoms with Crippen LogP contribution in [0.5, 0.6) is 0 Å². The SMILES string of the molecule is Cc1n[nH]c(C)c1S(=O)(=O)N1CCCN(C(=O)CCc2cccc(Cl)c2)CC1. The molecule has 0 spiro atoms. The van der Waals surface area contributed by atoms with Gasteiger partial charge in [0.1, 0.15) is 4.90 Å². The number of halogens is 1. The highest BCUT2D eigenvalue weighted by Crippen LogP contribution is 2.23. The number of aryl methyl sites for hydroxylation is 3. The maximum absolute atomic E-state index is 13.0. The highest BCUT2D eigenvalue weighted by molar-refractivity contribution is 7.89. The minimum atomic E-state index is -3.63. The first-order chi connectivity index (χ1) is 13.3. The number of H-pyrrole nitrogens is 1. The summed E-state index contributed by atoms with van der Waals surface area (Å²) in [5.41, 5.74) is 2.03. The van der Waals surface area contributed by atoms with Crippen LogP contribution in [0.2, 0.25) is 5.02 Å². The molecule has 152 valence electrons. The molecule has 1 amide bonds. The Labute approximate surface area is 170 Å². The second-order valence-electron chi connectivity index (χ2n) is 7.03. The number of hydrogen-bond acceptors (Lipinski definition) is 4. The van der Waals surface area contributed by atoms with E-state index in [-0.39, 0.29) is 17.3 Å². The third-order valence-corrected chi connectivity index (χ3v) is 7.38. The monoisotopic (exact) mass is 424 g/mol. The van der Waals surface area contributed by atoms with Gasteiger partial charge in [-0.15, -0.1) is 0 Å². The number of aromatic amines is 1. The van der Waals surface area contributed by atoms with E-state index in [4.69, 9.17) is 11.6 Å². The molecular weight excluding hydrogens is 400 g/mol. The van der Waals surface area contributed by atoms with E-state index >= 15 is 0 Å². The Morgan fingerprint density at radius 3 is 2.68 bits per heavy atom. The molecule has 2 aromatic rings. The molecule has 1 fully saturated rings. The third kappa shape index (κ3) is 4.56. The summed E-state index contributed by atoms with van der Waals surface area (Å²) in [5.74, 6) is 0.0369. The highest BCUT2D eigenvalue weighted by atomic mass is 35.5. The molecule has 0 bridgehead atoms. The predicted octanol–water partition coefficient (Wildman–Crippen LogP) is 2.54. The Kier molecular flexibility index (Phi) is 6.42. The Bertz CT molecular complexity index is 938. The van der Waals surface area contributed by atoms with Gasteiger partial charge in [0, 0.05) is 37.6 Å².